The zero-order chi connectivity index (χ0) is 16.7. The van der Waals surface area contributed by atoms with Crippen LogP contribution in [0.25, 0.3) is 0 Å². The molecular weight excluding hydrogens is 475 g/mol. The molecule has 0 spiro atoms. The predicted octanol–water partition coefficient (Wildman–Crippen LogP) is -4.91. The van der Waals surface area contributed by atoms with Crippen molar-refractivity contribution in [1.29, 1.82) is 0 Å². The van der Waals surface area contributed by atoms with Crippen molar-refractivity contribution in [2.75, 3.05) is 0 Å². The molecule has 0 saturated heterocycles. The van der Waals surface area contributed by atoms with E-state index in [1.165, 1.54) is 6.21 Å². The van der Waals surface area contributed by atoms with E-state index in [4.69, 9.17) is 22.5 Å². The number of nitrogens with zero attached hydrogens (tertiary/aromatic N) is 3. The van der Waals surface area contributed by atoms with Gasteiger partial charge in [0.15, 0.2) is 37.9 Å². The molecule has 2 aromatic heterocycles. The molecule has 0 saturated carbocycles. The van der Waals surface area contributed by atoms with Crippen molar-refractivity contribution in [2.45, 2.75) is 13.1 Å². The fraction of sp³-hybridized carbons (Fsp3) is 0.125. The summed E-state index contributed by atoms with van der Waals surface area (Å²) in [5.74, 6) is -0.435. The van der Waals surface area contributed by atoms with Gasteiger partial charge >= 0.3 is 0 Å². The lowest BCUT2D eigenvalue weighted by molar-refractivity contribution is -0.691. The maximum Gasteiger partial charge on any atom is 0.249 e. The van der Waals surface area contributed by atoms with E-state index in [2.05, 4.69) is 5.16 Å². The number of hydrogen-bond donors (Lipinski definition) is 2. The summed E-state index contributed by atoms with van der Waals surface area (Å²) in [5.41, 5.74) is 6.33. The average molecular weight is 493 g/mol. The van der Waals surface area contributed by atoms with Crippen molar-refractivity contribution in [3.05, 3.63) is 71.3 Å². The molecule has 1 amide bonds. The lowest BCUT2D eigenvalue weighted by Gasteiger charge is -1.96. The number of pyridine rings is 2. The summed E-state index contributed by atoms with van der Waals surface area (Å²) in [7, 11) is 0. The molecule has 25 heavy (non-hydrogen) atoms. The quantitative estimate of drug-likeness (QED) is 0.139. The second-order valence-electron chi connectivity index (χ2n) is 4.81. The van der Waals surface area contributed by atoms with E-state index < -0.39 is 5.91 Å². The smallest absolute Gasteiger partial charge is 0.249 e. The molecule has 0 bridgehead atoms. The summed E-state index contributed by atoms with van der Waals surface area (Å²) in [4.78, 5) is 11.0. The minimum Gasteiger partial charge on any atom is -1.00 e. The summed E-state index contributed by atoms with van der Waals surface area (Å²) >= 11 is 6.07. The average Bonchev–Trinajstić information content (AvgIpc) is 2.54. The highest BCUT2D eigenvalue weighted by atomic mass is 79.9. The Bertz CT molecular complexity index is 752. The third kappa shape index (κ3) is 7.33. The largest absolute Gasteiger partial charge is 1.00 e. The highest BCUT2D eigenvalue weighted by Gasteiger charge is 2.05. The van der Waals surface area contributed by atoms with E-state index in [9.17, 15) is 4.79 Å². The minimum atomic E-state index is -0.435. The van der Waals surface area contributed by atoms with Crippen LogP contribution in [-0.4, -0.2) is 17.3 Å². The Morgan fingerprint density at radius 3 is 2.20 bits per heavy atom. The van der Waals surface area contributed by atoms with Crippen molar-refractivity contribution < 1.29 is 53.1 Å². The van der Waals surface area contributed by atoms with E-state index in [0.717, 1.165) is 0 Å². The fourth-order valence-electron chi connectivity index (χ4n) is 1.94. The molecule has 9 heteroatoms. The Morgan fingerprint density at radius 1 is 1.12 bits per heavy atom. The van der Waals surface area contributed by atoms with Gasteiger partial charge < -0.3 is 44.9 Å². The van der Waals surface area contributed by atoms with Gasteiger partial charge in [0, 0.05) is 23.8 Å². The van der Waals surface area contributed by atoms with Gasteiger partial charge in [0.25, 0.3) is 0 Å². The second-order valence-corrected chi connectivity index (χ2v) is 5.22. The van der Waals surface area contributed by atoms with Crippen molar-refractivity contribution in [1.82, 2.24) is 0 Å². The van der Waals surface area contributed by atoms with E-state index >= 15 is 0 Å². The lowest BCUT2D eigenvalue weighted by Crippen LogP contribution is -3.00. The van der Waals surface area contributed by atoms with Gasteiger partial charge in [-0.1, -0.05) is 16.8 Å². The van der Waals surface area contributed by atoms with E-state index in [-0.39, 0.29) is 34.0 Å². The SMILES string of the molecule is NC(=O)c1cc[n+](C/C=C/C[n+]2ccc(/C=N/O)c(Cl)c2)cc1.[Br-].[Br-]. The van der Waals surface area contributed by atoms with Crippen LogP contribution in [0, 0.1) is 0 Å². The topological polar surface area (TPSA) is 83.4 Å². The molecule has 0 aliphatic heterocycles. The molecule has 0 aromatic carbocycles. The highest BCUT2D eigenvalue weighted by Crippen LogP contribution is 2.09. The van der Waals surface area contributed by atoms with Gasteiger partial charge in [-0.15, -0.1) is 0 Å². The number of aromatic nitrogens is 2. The van der Waals surface area contributed by atoms with Gasteiger partial charge in [-0.2, -0.15) is 4.57 Å². The Labute approximate surface area is 171 Å². The number of allylic oxidation sites excluding steroid dienone is 2. The number of oxime groups is 1. The maximum absolute atomic E-state index is 11.0. The summed E-state index contributed by atoms with van der Waals surface area (Å²) < 4.78 is 3.84. The van der Waals surface area contributed by atoms with Crippen molar-refractivity contribution >= 4 is 23.7 Å². The molecule has 0 unspecified atom stereocenters. The Balaban J connectivity index is 0.00000288. The van der Waals surface area contributed by atoms with Crippen LogP contribution in [0.1, 0.15) is 15.9 Å². The first kappa shape index (κ1) is 23.2. The molecular formula is C16H17Br2ClN4O2. The van der Waals surface area contributed by atoms with Gasteiger partial charge in [0.05, 0.1) is 11.8 Å². The molecule has 2 rings (SSSR count). The van der Waals surface area contributed by atoms with Crippen LogP contribution in [0.2, 0.25) is 5.02 Å². The standard InChI is InChI=1S/C16H15ClN4O2.2BrH/c17-15-12-21(10-5-14(15)11-19-23)7-2-1-6-20-8-3-13(4-9-20)16(18)22;;/h1-5,8-12H,6-7H2,(H-,18,22);2*1H/b2-1+;;. The van der Waals surface area contributed by atoms with Crippen LogP contribution < -0.4 is 48.8 Å². The van der Waals surface area contributed by atoms with Gasteiger partial charge in [-0.05, 0) is 12.2 Å². The molecule has 0 aliphatic rings. The predicted molar refractivity (Wildman–Crippen MR) is 85.3 cm³/mol. The van der Waals surface area contributed by atoms with Crippen LogP contribution >= 0.6 is 11.6 Å². The van der Waals surface area contributed by atoms with Crippen molar-refractivity contribution in [2.24, 2.45) is 10.9 Å². The van der Waals surface area contributed by atoms with Gasteiger partial charge in [-0.3, -0.25) is 4.79 Å². The Hall–Kier alpha value is -1.77. The third-order valence-corrected chi connectivity index (χ3v) is 3.49. The molecule has 2 aromatic rings. The molecule has 3 N–H and O–H groups in total. The molecule has 0 fully saturated rings. The number of carbonyl (C=O) groups excluding carboxylic acids is 1. The summed E-state index contributed by atoms with van der Waals surface area (Å²) in [6.45, 7) is 1.35. The van der Waals surface area contributed by atoms with E-state index in [1.807, 2.05) is 27.5 Å². The first-order chi connectivity index (χ1) is 11.1. The molecule has 134 valence electrons. The van der Waals surface area contributed by atoms with Crippen molar-refractivity contribution in [3.63, 3.8) is 0 Å². The monoisotopic (exact) mass is 490 g/mol. The number of nitrogens with two attached hydrogens (primary N) is 1. The maximum atomic E-state index is 11.0. The molecule has 6 nitrogen and oxygen atoms in total. The zero-order valence-electron chi connectivity index (χ0n) is 13.1. The lowest BCUT2D eigenvalue weighted by atomic mass is 10.2. The van der Waals surface area contributed by atoms with Crippen molar-refractivity contribution in [3.8, 4) is 0 Å². The number of amides is 1. The molecule has 0 atom stereocenters. The van der Waals surface area contributed by atoms with Crippen LogP contribution in [0.5, 0.6) is 0 Å². The Kier molecular flexibility index (Phi) is 10.9. The number of carbonyl (C=O) groups is 1. The van der Waals surface area contributed by atoms with Gasteiger partial charge in [0.2, 0.25) is 5.91 Å². The second kappa shape index (κ2) is 11.7. The summed E-state index contributed by atoms with van der Waals surface area (Å²) in [6.07, 6.45) is 12.5. The molecule has 0 aliphatic carbocycles. The van der Waals surface area contributed by atoms with Gasteiger partial charge in [-0.25, -0.2) is 4.57 Å². The third-order valence-electron chi connectivity index (χ3n) is 3.17. The highest BCUT2D eigenvalue weighted by molar-refractivity contribution is 6.32. The van der Waals surface area contributed by atoms with E-state index in [0.29, 0.717) is 29.2 Å². The van der Waals surface area contributed by atoms with Crippen LogP contribution in [0.15, 0.2) is 60.3 Å². The number of hydrogen-bond acceptors (Lipinski definition) is 3. The van der Waals surface area contributed by atoms with Crippen LogP contribution in [-0.2, 0) is 13.1 Å². The molecule has 0 radical (unpaired) electrons. The van der Waals surface area contributed by atoms with Crippen LogP contribution in [0.4, 0.5) is 0 Å². The fourth-order valence-corrected chi connectivity index (χ4v) is 2.17. The molecule has 2 heterocycles. The van der Waals surface area contributed by atoms with Crippen LogP contribution in [0.3, 0.4) is 0 Å². The number of halogens is 3. The van der Waals surface area contributed by atoms with Gasteiger partial charge in [0.1, 0.15) is 5.02 Å². The summed E-state index contributed by atoms with van der Waals surface area (Å²) in [6, 6.07) is 5.14. The van der Waals surface area contributed by atoms with E-state index in [1.54, 1.807) is 36.8 Å². The Morgan fingerprint density at radius 2 is 1.68 bits per heavy atom. The first-order valence-electron chi connectivity index (χ1n) is 6.90. The first-order valence-corrected chi connectivity index (χ1v) is 7.28. The number of rotatable bonds is 6. The zero-order valence-corrected chi connectivity index (χ0v) is 17.0. The normalized spacial score (nSPS) is 10.4. The minimum absolute atomic E-state index is 0. The number of primary amides is 1. The summed E-state index contributed by atoms with van der Waals surface area (Å²) in [5, 5.41) is 12.0.